The molecule has 0 unspecified atom stereocenters. The third kappa shape index (κ3) is 5.58. The fourth-order valence-electron chi connectivity index (χ4n) is 8.87. The first kappa shape index (κ1) is 34.4. The third-order valence-electron chi connectivity index (χ3n) is 11.8. The van der Waals surface area contributed by atoms with Gasteiger partial charge in [-0.25, -0.2) is 0 Å². The Morgan fingerprint density at radius 3 is 1.67 bits per heavy atom. The van der Waals surface area contributed by atoms with Crippen LogP contribution in [0.5, 0.6) is 0 Å². The van der Waals surface area contributed by atoms with Crippen molar-refractivity contribution < 1.29 is 4.42 Å². The van der Waals surface area contributed by atoms with Crippen molar-refractivity contribution in [1.82, 2.24) is 4.57 Å². The Hall–Kier alpha value is -7.60. The summed E-state index contributed by atoms with van der Waals surface area (Å²) < 4.78 is 8.58. The van der Waals surface area contributed by atoms with Crippen LogP contribution in [0.4, 0.5) is 17.1 Å². The molecule has 0 N–H and O–H groups in total. The molecule has 12 rings (SSSR count). The first-order valence-corrected chi connectivity index (χ1v) is 20.9. The van der Waals surface area contributed by atoms with Crippen LogP contribution in [0, 0.1) is 0 Å². The summed E-state index contributed by atoms with van der Waals surface area (Å²) in [6, 6.07) is 72.4. The van der Waals surface area contributed by atoms with Crippen LogP contribution in [-0.4, -0.2) is 4.57 Å². The Morgan fingerprint density at radius 2 is 0.900 bits per heavy atom. The molecule has 0 atom stereocenters. The van der Waals surface area contributed by atoms with E-state index in [4.69, 9.17) is 4.42 Å². The molecular weight excluding hydrogens is 753 g/mol. The molecule has 4 nitrogen and oxygen atoms in total. The van der Waals surface area contributed by atoms with Gasteiger partial charge in [-0.15, -0.1) is 0 Å². The summed E-state index contributed by atoms with van der Waals surface area (Å²) in [6.45, 7) is 0. The molecule has 60 heavy (non-hydrogen) atoms. The van der Waals surface area contributed by atoms with E-state index >= 15 is 0 Å². The van der Waals surface area contributed by atoms with E-state index in [-0.39, 0.29) is 5.43 Å². The van der Waals surface area contributed by atoms with E-state index < -0.39 is 0 Å². The van der Waals surface area contributed by atoms with Crippen LogP contribution < -0.4 is 10.3 Å². The van der Waals surface area contributed by atoms with Crippen LogP contribution >= 0.6 is 11.8 Å². The molecule has 1 aliphatic rings. The smallest absolute Gasteiger partial charge is 0.200 e. The predicted molar refractivity (Wildman–Crippen MR) is 249 cm³/mol. The summed E-state index contributed by atoms with van der Waals surface area (Å²) in [7, 11) is 0. The number of hydrogen-bond acceptors (Lipinski definition) is 4. The zero-order chi connectivity index (χ0) is 39.7. The quantitative estimate of drug-likeness (QED) is 0.163. The molecule has 3 heterocycles. The SMILES string of the molecule is O=c1c2ccccc2oc2cc(-c3ccc(N4c5ccc(-c6ccccc6)cc5Sc5cc(-c6ccc7c(c6)c6ccccc6n7-c6ccccc6)ccc54)cc3)ccc12. The summed E-state index contributed by atoms with van der Waals surface area (Å²) in [6.07, 6.45) is 0. The molecule has 0 bridgehead atoms. The van der Waals surface area contributed by atoms with Crippen molar-refractivity contribution in [2.45, 2.75) is 9.79 Å². The Balaban J connectivity index is 0.960. The average Bonchev–Trinajstić information content (AvgIpc) is 3.64. The summed E-state index contributed by atoms with van der Waals surface area (Å²) in [5.74, 6) is 0. The molecule has 0 saturated heterocycles. The number of benzene rings is 9. The number of aromatic nitrogens is 1. The minimum absolute atomic E-state index is 0.0103. The first-order chi connectivity index (χ1) is 29.6. The summed E-state index contributed by atoms with van der Waals surface area (Å²) >= 11 is 1.83. The van der Waals surface area contributed by atoms with E-state index in [1.807, 2.05) is 54.2 Å². The monoisotopic (exact) mass is 786 g/mol. The van der Waals surface area contributed by atoms with Gasteiger partial charge in [0.2, 0.25) is 5.43 Å². The van der Waals surface area contributed by atoms with E-state index in [0.29, 0.717) is 21.9 Å². The van der Waals surface area contributed by atoms with Crippen molar-refractivity contribution in [3.8, 4) is 39.1 Å². The predicted octanol–water partition coefficient (Wildman–Crippen LogP) is 15.0. The maximum atomic E-state index is 13.2. The second kappa shape index (κ2) is 13.8. The van der Waals surface area contributed by atoms with Crippen LogP contribution in [0.1, 0.15) is 0 Å². The van der Waals surface area contributed by atoms with E-state index in [0.717, 1.165) is 33.9 Å². The summed E-state index contributed by atoms with van der Waals surface area (Å²) in [4.78, 5) is 18.0. The molecule has 0 radical (unpaired) electrons. The zero-order valence-electron chi connectivity index (χ0n) is 32.2. The van der Waals surface area contributed by atoms with Gasteiger partial charge in [0, 0.05) is 31.9 Å². The first-order valence-electron chi connectivity index (χ1n) is 20.1. The lowest BCUT2D eigenvalue weighted by atomic mass is 10.0. The van der Waals surface area contributed by atoms with Crippen LogP contribution in [0.3, 0.4) is 0 Å². The highest BCUT2D eigenvalue weighted by Crippen LogP contribution is 2.53. The van der Waals surface area contributed by atoms with E-state index in [1.165, 1.54) is 53.9 Å². The molecule has 282 valence electrons. The van der Waals surface area contributed by atoms with Crippen molar-refractivity contribution in [2.24, 2.45) is 0 Å². The van der Waals surface area contributed by atoms with Crippen LogP contribution in [0.15, 0.2) is 225 Å². The second-order valence-electron chi connectivity index (χ2n) is 15.3. The molecule has 0 fully saturated rings. The van der Waals surface area contributed by atoms with Gasteiger partial charge in [0.05, 0.1) is 33.2 Å². The number of para-hydroxylation sites is 3. The highest BCUT2D eigenvalue weighted by Gasteiger charge is 2.26. The molecule has 0 aliphatic carbocycles. The van der Waals surface area contributed by atoms with Crippen molar-refractivity contribution in [3.05, 3.63) is 216 Å². The van der Waals surface area contributed by atoms with Crippen molar-refractivity contribution >= 4 is 72.6 Å². The van der Waals surface area contributed by atoms with Gasteiger partial charge in [-0.2, -0.15) is 0 Å². The molecule has 0 saturated carbocycles. The van der Waals surface area contributed by atoms with Gasteiger partial charge >= 0.3 is 0 Å². The lowest BCUT2D eigenvalue weighted by Crippen LogP contribution is -2.15. The van der Waals surface area contributed by atoms with Gasteiger partial charge in [-0.05, 0) is 124 Å². The largest absolute Gasteiger partial charge is 0.456 e. The average molecular weight is 787 g/mol. The zero-order valence-corrected chi connectivity index (χ0v) is 33.1. The number of fused-ring (bicyclic) bond motifs is 7. The van der Waals surface area contributed by atoms with Crippen LogP contribution in [0.2, 0.25) is 0 Å². The van der Waals surface area contributed by atoms with E-state index in [2.05, 4.69) is 173 Å². The summed E-state index contributed by atoms with van der Waals surface area (Å²) in [5.41, 5.74) is 14.8. The lowest BCUT2D eigenvalue weighted by Gasteiger charge is -2.33. The molecule has 0 spiro atoms. The van der Waals surface area contributed by atoms with E-state index in [1.54, 1.807) is 0 Å². The molecule has 1 aliphatic heterocycles. The fourth-order valence-corrected chi connectivity index (χ4v) is 10.0. The minimum Gasteiger partial charge on any atom is -0.456 e. The third-order valence-corrected chi connectivity index (χ3v) is 12.9. The number of anilines is 3. The molecular formula is C55H34N2O2S. The normalized spacial score (nSPS) is 12.3. The maximum Gasteiger partial charge on any atom is 0.200 e. The minimum atomic E-state index is -0.0103. The molecule has 9 aromatic carbocycles. The van der Waals surface area contributed by atoms with Gasteiger partial charge in [0.25, 0.3) is 0 Å². The number of hydrogen-bond donors (Lipinski definition) is 0. The Bertz CT molecular complexity index is 3540. The van der Waals surface area contributed by atoms with Gasteiger partial charge in [-0.3, -0.25) is 4.79 Å². The number of rotatable bonds is 5. The topological polar surface area (TPSA) is 38.4 Å². The van der Waals surface area contributed by atoms with Gasteiger partial charge in [0.1, 0.15) is 11.2 Å². The molecule has 5 heteroatoms. The highest BCUT2D eigenvalue weighted by atomic mass is 32.2. The maximum absolute atomic E-state index is 13.2. The molecule has 0 amide bonds. The lowest BCUT2D eigenvalue weighted by molar-refractivity contribution is 0.660. The Labute approximate surface area is 350 Å². The van der Waals surface area contributed by atoms with Gasteiger partial charge < -0.3 is 13.9 Å². The highest BCUT2D eigenvalue weighted by molar-refractivity contribution is 7.99. The van der Waals surface area contributed by atoms with Crippen molar-refractivity contribution in [1.29, 1.82) is 0 Å². The Kier molecular flexibility index (Phi) is 7.90. The van der Waals surface area contributed by atoms with Crippen molar-refractivity contribution in [3.63, 3.8) is 0 Å². The molecule has 2 aromatic heterocycles. The standard InChI is InChI=1S/C55H34N2O2S/c58-55-44-16-8-10-18-51(44)59-52-32-38(21-27-45(52)55)36-19-25-42(26-20-36)57-49-29-23-39(35-11-3-1-4-12-35)33-53(49)60-54-34-40(24-30-50(54)57)37-22-28-48-46(31-37)43-15-7-9-17-47(43)56(48)41-13-5-2-6-14-41/h1-34H. The Morgan fingerprint density at radius 1 is 0.367 bits per heavy atom. The van der Waals surface area contributed by atoms with Gasteiger partial charge in [0.15, 0.2) is 0 Å². The van der Waals surface area contributed by atoms with Crippen LogP contribution in [0.25, 0.3) is 82.8 Å². The second-order valence-corrected chi connectivity index (χ2v) is 16.4. The molecule has 11 aromatic rings. The fraction of sp³-hybridized carbons (Fsp3) is 0. The summed E-state index contributed by atoms with van der Waals surface area (Å²) in [5, 5.41) is 3.66. The van der Waals surface area contributed by atoms with Crippen molar-refractivity contribution in [2.75, 3.05) is 4.90 Å². The van der Waals surface area contributed by atoms with Crippen LogP contribution in [-0.2, 0) is 0 Å². The van der Waals surface area contributed by atoms with Gasteiger partial charge in [-0.1, -0.05) is 127 Å². The number of nitrogens with zero attached hydrogens (tertiary/aromatic N) is 2. The van der Waals surface area contributed by atoms with E-state index in [9.17, 15) is 4.79 Å².